The number of halogens is 2. The van der Waals surface area contributed by atoms with Crippen molar-refractivity contribution in [1.82, 2.24) is 19.5 Å². The molecule has 2 aromatic rings. The van der Waals surface area contributed by atoms with Crippen LogP contribution in [0.15, 0.2) is 18.6 Å². The summed E-state index contributed by atoms with van der Waals surface area (Å²) in [7, 11) is 1.91. The summed E-state index contributed by atoms with van der Waals surface area (Å²) in [6, 6.07) is 1.68. The molecule has 2 rings (SSSR count). The molecule has 2 aromatic heterocycles. The van der Waals surface area contributed by atoms with Crippen LogP contribution >= 0.6 is 23.2 Å². The van der Waals surface area contributed by atoms with Crippen molar-refractivity contribution in [3.8, 4) is 0 Å². The van der Waals surface area contributed by atoms with E-state index in [9.17, 15) is 0 Å². The molecule has 0 unspecified atom stereocenters. The van der Waals surface area contributed by atoms with E-state index < -0.39 is 0 Å². The Morgan fingerprint density at radius 1 is 1.27 bits per heavy atom. The second kappa shape index (κ2) is 4.16. The molecule has 2 heterocycles. The first-order chi connectivity index (χ1) is 7.13. The van der Waals surface area contributed by atoms with E-state index in [0.29, 0.717) is 11.6 Å². The Hall–Kier alpha value is -1.13. The molecule has 0 saturated heterocycles. The van der Waals surface area contributed by atoms with Gasteiger partial charge < -0.3 is 4.57 Å². The Kier molecular flexibility index (Phi) is 2.88. The highest BCUT2D eigenvalue weighted by molar-refractivity contribution is 6.31. The first kappa shape index (κ1) is 10.4. The minimum Gasteiger partial charge on any atom is -0.340 e. The highest BCUT2D eigenvalue weighted by Gasteiger charge is 2.04. The fraction of sp³-hybridized carbons (Fsp3) is 0.222. The van der Waals surface area contributed by atoms with Crippen LogP contribution < -0.4 is 0 Å². The van der Waals surface area contributed by atoms with E-state index in [1.54, 1.807) is 12.4 Å². The molecule has 0 atom stereocenters. The smallest absolute Gasteiger partial charge is 0.224 e. The lowest BCUT2D eigenvalue weighted by Gasteiger charge is -1.98. The van der Waals surface area contributed by atoms with E-state index in [1.165, 1.54) is 0 Å². The molecule has 0 aliphatic heterocycles. The highest BCUT2D eigenvalue weighted by atomic mass is 35.5. The maximum absolute atomic E-state index is 5.76. The molecule has 0 bridgehead atoms. The molecule has 0 radical (unpaired) electrons. The summed E-state index contributed by atoms with van der Waals surface area (Å²) < 4.78 is 1.87. The molecular weight excluding hydrogens is 235 g/mol. The largest absolute Gasteiger partial charge is 0.340 e. The minimum absolute atomic E-state index is 0.161. The van der Waals surface area contributed by atoms with E-state index in [1.807, 2.05) is 17.8 Å². The van der Waals surface area contributed by atoms with Gasteiger partial charge in [-0.25, -0.2) is 15.0 Å². The van der Waals surface area contributed by atoms with Crippen molar-refractivity contribution in [3.63, 3.8) is 0 Å². The van der Waals surface area contributed by atoms with Crippen LogP contribution in [0.4, 0.5) is 0 Å². The van der Waals surface area contributed by atoms with Gasteiger partial charge in [-0.3, -0.25) is 0 Å². The summed E-state index contributed by atoms with van der Waals surface area (Å²) in [6.45, 7) is 0. The summed E-state index contributed by atoms with van der Waals surface area (Å²) in [5.41, 5.74) is 1.68. The van der Waals surface area contributed by atoms with Gasteiger partial charge in [-0.2, -0.15) is 0 Å². The SMILES string of the molecule is Cn1cnc(Cc2cc(Cl)nc(Cl)n2)c1. The zero-order valence-electron chi connectivity index (χ0n) is 7.98. The first-order valence-corrected chi connectivity index (χ1v) is 5.05. The molecule has 78 valence electrons. The van der Waals surface area contributed by atoms with Crippen molar-refractivity contribution in [2.24, 2.45) is 7.05 Å². The molecule has 0 fully saturated rings. The average Bonchev–Trinajstić information content (AvgIpc) is 2.49. The van der Waals surface area contributed by atoms with Crippen molar-refractivity contribution in [2.75, 3.05) is 0 Å². The molecule has 0 amide bonds. The Labute approximate surface area is 96.9 Å². The average molecular weight is 243 g/mol. The van der Waals surface area contributed by atoms with Gasteiger partial charge in [-0.1, -0.05) is 11.6 Å². The van der Waals surface area contributed by atoms with Crippen LogP contribution in [0.2, 0.25) is 10.4 Å². The van der Waals surface area contributed by atoms with Crippen LogP contribution in [0.1, 0.15) is 11.4 Å². The quantitative estimate of drug-likeness (QED) is 0.599. The van der Waals surface area contributed by atoms with Gasteiger partial charge in [0.2, 0.25) is 5.28 Å². The first-order valence-electron chi connectivity index (χ1n) is 4.29. The Morgan fingerprint density at radius 3 is 2.67 bits per heavy atom. The van der Waals surface area contributed by atoms with Gasteiger partial charge in [0, 0.05) is 19.7 Å². The number of hydrogen-bond acceptors (Lipinski definition) is 3. The van der Waals surface area contributed by atoms with E-state index in [0.717, 1.165) is 11.4 Å². The van der Waals surface area contributed by atoms with Gasteiger partial charge in [0.05, 0.1) is 17.7 Å². The predicted octanol–water partition coefficient (Wildman–Crippen LogP) is 2.11. The number of aryl methyl sites for hydroxylation is 1. The second-order valence-corrected chi connectivity index (χ2v) is 3.88. The summed E-state index contributed by atoms with van der Waals surface area (Å²) >= 11 is 11.4. The summed E-state index contributed by atoms with van der Waals surface area (Å²) in [5, 5.41) is 0.509. The van der Waals surface area contributed by atoms with Crippen LogP contribution in [0, 0.1) is 0 Å². The summed E-state index contributed by atoms with van der Waals surface area (Å²) in [5.74, 6) is 0. The van der Waals surface area contributed by atoms with Gasteiger partial charge in [0.1, 0.15) is 5.15 Å². The third kappa shape index (κ3) is 2.67. The fourth-order valence-electron chi connectivity index (χ4n) is 1.27. The lowest BCUT2D eigenvalue weighted by molar-refractivity contribution is 0.911. The standard InChI is InChI=1S/C9H8Cl2N4/c1-15-4-7(12-5-15)2-6-3-8(10)14-9(11)13-6/h3-5H,2H2,1H3. The topological polar surface area (TPSA) is 43.6 Å². The van der Waals surface area contributed by atoms with Crippen LogP contribution in [0.5, 0.6) is 0 Å². The number of hydrogen-bond donors (Lipinski definition) is 0. The third-order valence-electron chi connectivity index (χ3n) is 1.84. The maximum Gasteiger partial charge on any atom is 0.224 e. The normalized spacial score (nSPS) is 10.6. The van der Waals surface area contributed by atoms with Crippen molar-refractivity contribution in [2.45, 2.75) is 6.42 Å². The number of imidazole rings is 1. The number of aromatic nitrogens is 4. The van der Waals surface area contributed by atoms with Crippen molar-refractivity contribution >= 4 is 23.2 Å². The van der Waals surface area contributed by atoms with E-state index in [-0.39, 0.29) is 5.28 Å². The van der Waals surface area contributed by atoms with Crippen molar-refractivity contribution < 1.29 is 0 Å². The van der Waals surface area contributed by atoms with Crippen molar-refractivity contribution in [3.05, 3.63) is 40.4 Å². The Bertz CT molecular complexity index is 460. The Morgan fingerprint density at radius 2 is 2.07 bits per heavy atom. The lowest BCUT2D eigenvalue weighted by atomic mass is 10.2. The van der Waals surface area contributed by atoms with Crippen LogP contribution in [-0.4, -0.2) is 19.5 Å². The fourth-order valence-corrected chi connectivity index (χ4v) is 1.72. The van der Waals surface area contributed by atoms with Gasteiger partial charge in [0.15, 0.2) is 0 Å². The van der Waals surface area contributed by atoms with Crippen LogP contribution in [-0.2, 0) is 13.5 Å². The van der Waals surface area contributed by atoms with Crippen LogP contribution in [0.25, 0.3) is 0 Å². The molecular formula is C9H8Cl2N4. The monoisotopic (exact) mass is 242 g/mol. The van der Waals surface area contributed by atoms with Gasteiger partial charge in [0.25, 0.3) is 0 Å². The molecule has 0 spiro atoms. The third-order valence-corrected chi connectivity index (χ3v) is 2.20. The second-order valence-electron chi connectivity index (χ2n) is 3.16. The minimum atomic E-state index is 0.161. The molecule has 0 N–H and O–H groups in total. The van der Waals surface area contributed by atoms with Gasteiger partial charge in [-0.05, 0) is 17.7 Å². The molecule has 0 aromatic carbocycles. The highest BCUT2D eigenvalue weighted by Crippen LogP contribution is 2.13. The molecule has 0 saturated carbocycles. The molecule has 0 aliphatic rings. The predicted molar refractivity (Wildman–Crippen MR) is 58.1 cm³/mol. The molecule has 4 nitrogen and oxygen atoms in total. The van der Waals surface area contributed by atoms with Gasteiger partial charge in [-0.15, -0.1) is 0 Å². The molecule has 15 heavy (non-hydrogen) atoms. The number of rotatable bonds is 2. The van der Waals surface area contributed by atoms with Gasteiger partial charge >= 0.3 is 0 Å². The molecule has 6 heteroatoms. The lowest BCUT2D eigenvalue weighted by Crippen LogP contribution is -1.95. The van der Waals surface area contributed by atoms with E-state index >= 15 is 0 Å². The van der Waals surface area contributed by atoms with E-state index in [2.05, 4.69) is 15.0 Å². The number of nitrogens with zero attached hydrogens (tertiary/aromatic N) is 4. The maximum atomic E-state index is 5.76. The molecule has 0 aliphatic carbocycles. The zero-order valence-corrected chi connectivity index (χ0v) is 9.50. The van der Waals surface area contributed by atoms with E-state index in [4.69, 9.17) is 23.2 Å². The summed E-state index contributed by atoms with van der Waals surface area (Å²) in [4.78, 5) is 12.0. The summed E-state index contributed by atoms with van der Waals surface area (Å²) in [6.07, 6.45) is 4.26. The Balaban J connectivity index is 2.24. The van der Waals surface area contributed by atoms with Crippen molar-refractivity contribution in [1.29, 1.82) is 0 Å². The van der Waals surface area contributed by atoms with Crippen LogP contribution in [0.3, 0.4) is 0 Å². The zero-order chi connectivity index (χ0) is 10.8.